The summed E-state index contributed by atoms with van der Waals surface area (Å²) in [7, 11) is 0. The predicted octanol–water partition coefficient (Wildman–Crippen LogP) is 3.51. The molecule has 152 valence electrons. The van der Waals surface area contributed by atoms with Crippen LogP contribution in [0.4, 0.5) is 0 Å². The van der Waals surface area contributed by atoms with Crippen LogP contribution >= 0.6 is 11.6 Å². The summed E-state index contributed by atoms with van der Waals surface area (Å²) in [5.74, 6) is 0.958. The number of allylic oxidation sites excluding steroid dienone is 2. The number of halogens is 1. The van der Waals surface area contributed by atoms with Gasteiger partial charge in [0.05, 0.1) is 29.6 Å². The van der Waals surface area contributed by atoms with E-state index in [1.54, 1.807) is 12.4 Å². The zero-order valence-corrected chi connectivity index (χ0v) is 17.2. The Morgan fingerprint density at radius 2 is 1.97 bits per heavy atom. The molecule has 2 saturated carbocycles. The molecule has 0 radical (unpaired) electrons. The zero-order valence-electron chi connectivity index (χ0n) is 16.4. The Labute approximate surface area is 178 Å². The van der Waals surface area contributed by atoms with Gasteiger partial charge in [0.25, 0.3) is 0 Å². The van der Waals surface area contributed by atoms with Gasteiger partial charge in [-0.1, -0.05) is 35.9 Å². The first kappa shape index (κ1) is 18.9. The normalized spacial score (nSPS) is 18.2. The molecule has 0 aromatic carbocycles. The summed E-state index contributed by atoms with van der Waals surface area (Å²) >= 11 is 6.09. The highest BCUT2D eigenvalue weighted by atomic mass is 35.5. The summed E-state index contributed by atoms with van der Waals surface area (Å²) in [5.41, 5.74) is 3.98. The minimum absolute atomic E-state index is 0.107. The van der Waals surface area contributed by atoms with Crippen LogP contribution in [0.15, 0.2) is 55.3 Å². The summed E-state index contributed by atoms with van der Waals surface area (Å²) in [6.07, 6.45) is 11.5. The third kappa shape index (κ3) is 2.92. The van der Waals surface area contributed by atoms with Crippen LogP contribution in [0, 0.1) is 0 Å². The molecule has 0 saturated heterocycles. The van der Waals surface area contributed by atoms with Gasteiger partial charge in [-0.15, -0.1) is 0 Å². The van der Waals surface area contributed by atoms with E-state index in [9.17, 15) is 4.79 Å². The molecule has 1 N–H and O–H groups in total. The van der Waals surface area contributed by atoms with Crippen LogP contribution < -0.4 is 5.32 Å². The molecular weight excluding hydrogens is 400 g/mol. The lowest BCUT2D eigenvalue weighted by Crippen LogP contribution is -2.51. The summed E-state index contributed by atoms with van der Waals surface area (Å²) in [4.78, 5) is 30.9. The number of hydrogen-bond acceptors (Lipinski definition) is 5. The van der Waals surface area contributed by atoms with Gasteiger partial charge < -0.3 is 5.32 Å². The molecule has 3 aromatic heterocycles. The fourth-order valence-corrected chi connectivity index (χ4v) is 4.62. The number of aromatic nitrogens is 5. The highest BCUT2D eigenvalue weighted by Crippen LogP contribution is 2.49. The third-order valence-electron chi connectivity index (χ3n) is 6.04. The predicted molar refractivity (Wildman–Crippen MR) is 113 cm³/mol. The minimum Gasteiger partial charge on any atom is -0.349 e. The molecular formula is C22H21ClN6O. The molecule has 0 atom stereocenters. The quantitative estimate of drug-likeness (QED) is 0.638. The smallest absolute Gasteiger partial charge is 0.234 e. The highest BCUT2D eigenvalue weighted by molar-refractivity contribution is 6.30. The number of carbonyl (C=O) groups is 1. The Bertz CT molecular complexity index is 1180. The molecule has 3 aromatic rings. The van der Waals surface area contributed by atoms with E-state index in [4.69, 9.17) is 16.6 Å². The maximum absolute atomic E-state index is 13.4. The molecule has 2 aliphatic carbocycles. The second kappa shape index (κ2) is 7.02. The van der Waals surface area contributed by atoms with Crippen molar-refractivity contribution in [2.75, 3.05) is 0 Å². The van der Waals surface area contributed by atoms with Crippen LogP contribution in [0.1, 0.15) is 48.8 Å². The van der Waals surface area contributed by atoms with E-state index in [1.165, 1.54) is 11.8 Å². The number of nitrogens with zero attached hydrogens (tertiary/aromatic N) is 5. The molecule has 0 bridgehead atoms. The summed E-state index contributed by atoms with van der Waals surface area (Å²) in [6.45, 7) is 8.33. The van der Waals surface area contributed by atoms with Crippen molar-refractivity contribution >= 4 is 23.0 Å². The molecule has 0 spiro atoms. The van der Waals surface area contributed by atoms with Crippen LogP contribution in [0.2, 0.25) is 5.15 Å². The lowest BCUT2D eigenvalue weighted by molar-refractivity contribution is -0.128. The number of carbonyl (C=O) groups excluding carboxylic acids is 1. The first-order valence-electron chi connectivity index (χ1n) is 9.87. The number of fused-ring (bicyclic) bond motifs is 1. The summed E-state index contributed by atoms with van der Waals surface area (Å²) in [6, 6.07) is 0. The molecule has 0 aliphatic heterocycles. The lowest BCUT2D eigenvalue weighted by Gasteiger charge is -2.40. The van der Waals surface area contributed by atoms with Crippen LogP contribution in [-0.4, -0.2) is 30.2 Å². The third-order valence-corrected chi connectivity index (χ3v) is 6.35. The Morgan fingerprint density at radius 3 is 2.67 bits per heavy atom. The molecule has 7 nitrogen and oxygen atoms in total. The van der Waals surface area contributed by atoms with E-state index in [0.29, 0.717) is 24.5 Å². The Hall–Kier alpha value is -3.06. The zero-order chi connectivity index (χ0) is 20.9. The van der Waals surface area contributed by atoms with E-state index in [2.05, 4.69) is 33.4 Å². The fourth-order valence-electron chi connectivity index (χ4n) is 4.45. The SMILES string of the molecule is C=C1CC(c2nc(C3(C(=O)NCc4nccnc4Cl)CC(=C)C3)n3ccncc23)C1. The Balaban J connectivity index is 1.50. The van der Waals surface area contributed by atoms with Gasteiger partial charge in [0, 0.05) is 30.7 Å². The van der Waals surface area contributed by atoms with Gasteiger partial charge in [0.2, 0.25) is 5.91 Å². The number of rotatable bonds is 5. The van der Waals surface area contributed by atoms with Gasteiger partial charge in [0.1, 0.15) is 11.2 Å². The average molecular weight is 421 g/mol. The van der Waals surface area contributed by atoms with Gasteiger partial charge in [0.15, 0.2) is 5.15 Å². The topological polar surface area (TPSA) is 85.1 Å². The maximum atomic E-state index is 13.4. The monoisotopic (exact) mass is 420 g/mol. The second-order valence-corrected chi connectivity index (χ2v) is 8.53. The van der Waals surface area contributed by atoms with Crippen molar-refractivity contribution in [3.8, 4) is 0 Å². The summed E-state index contributed by atoms with van der Waals surface area (Å²) < 4.78 is 2.00. The Kier molecular flexibility index (Phi) is 4.43. The van der Waals surface area contributed by atoms with Crippen LogP contribution in [-0.2, 0) is 16.8 Å². The fraction of sp³-hybridized carbons (Fsp3) is 0.318. The number of nitrogens with one attached hydrogen (secondary N) is 1. The molecule has 0 unspecified atom stereocenters. The van der Waals surface area contributed by atoms with Gasteiger partial charge in [-0.25, -0.2) is 9.97 Å². The van der Waals surface area contributed by atoms with Crippen molar-refractivity contribution in [1.82, 2.24) is 29.7 Å². The highest BCUT2D eigenvalue weighted by Gasteiger charge is 2.51. The van der Waals surface area contributed by atoms with Crippen molar-refractivity contribution < 1.29 is 4.79 Å². The molecule has 2 aliphatic rings. The van der Waals surface area contributed by atoms with E-state index >= 15 is 0 Å². The van der Waals surface area contributed by atoms with E-state index in [1.807, 2.05) is 16.8 Å². The largest absolute Gasteiger partial charge is 0.349 e. The van der Waals surface area contributed by atoms with Crippen LogP contribution in [0.5, 0.6) is 0 Å². The number of amides is 1. The molecule has 1 amide bonds. The van der Waals surface area contributed by atoms with Crippen molar-refractivity contribution in [3.63, 3.8) is 0 Å². The van der Waals surface area contributed by atoms with E-state index in [0.717, 1.165) is 35.4 Å². The number of imidazole rings is 1. The van der Waals surface area contributed by atoms with Crippen LogP contribution in [0.25, 0.3) is 5.52 Å². The van der Waals surface area contributed by atoms with Crippen molar-refractivity contribution in [2.45, 2.75) is 43.6 Å². The maximum Gasteiger partial charge on any atom is 0.234 e. The Morgan fingerprint density at radius 1 is 1.20 bits per heavy atom. The van der Waals surface area contributed by atoms with Crippen molar-refractivity contribution in [1.29, 1.82) is 0 Å². The van der Waals surface area contributed by atoms with Gasteiger partial charge in [-0.3, -0.25) is 19.2 Å². The molecule has 3 heterocycles. The van der Waals surface area contributed by atoms with Gasteiger partial charge in [-0.2, -0.15) is 0 Å². The second-order valence-electron chi connectivity index (χ2n) is 8.17. The van der Waals surface area contributed by atoms with E-state index < -0.39 is 5.41 Å². The van der Waals surface area contributed by atoms with Crippen molar-refractivity contribution in [2.24, 2.45) is 0 Å². The first-order chi connectivity index (χ1) is 14.5. The average Bonchev–Trinajstić information content (AvgIpc) is 3.07. The first-order valence-corrected chi connectivity index (χ1v) is 10.2. The van der Waals surface area contributed by atoms with Crippen molar-refractivity contribution in [3.05, 3.63) is 77.7 Å². The summed E-state index contributed by atoms with van der Waals surface area (Å²) in [5, 5.41) is 3.28. The number of hydrogen-bond donors (Lipinski definition) is 1. The minimum atomic E-state index is -0.769. The van der Waals surface area contributed by atoms with Crippen LogP contribution in [0.3, 0.4) is 0 Å². The van der Waals surface area contributed by atoms with E-state index in [-0.39, 0.29) is 17.6 Å². The van der Waals surface area contributed by atoms with Gasteiger partial charge in [-0.05, 0) is 25.7 Å². The van der Waals surface area contributed by atoms with Gasteiger partial charge >= 0.3 is 0 Å². The molecule has 30 heavy (non-hydrogen) atoms. The molecule has 8 heteroatoms. The molecule has 5 rings (SSSR count). The standard InChI is InChI=1S/C22H21ClN6O/c1-13-7-15(8-13)18-17-12-24-5-6-29(17)20(28-18)22(9-14(2)10-22)21(30)27-11-16-19(23)26-4-3-25-16/h3-6,12,15H,1-2,7-11H2,(H,27,30). The molecule has 2 fully saturated rings. The lowest BCUT2D eigenvalue weighted by atomic mass is 9.64.